The highest BCUT2D eigenvalue weighted by Crippen LogP contribution is 2.40. The van der Waals surface area contributed by atoms with Gasteiger partial charge < -0.3 is 5.73 Å². The van der Waals surface area contributed by atoms with E-state index in [9.17, 15) is 0 Å². The Kier molecular flexibility index (Phi) is 3.62. The molecular formula is C19H23N. The minimum Gasteiger partial charge on any atom is -0.330 e. The largest absolute Gasteiger partial charge is 0.330 e. The van der Waals surface area contributed by atoms with E-state index in [0.717, 1.165) is 19.4 Å². The zero-order valence-corrected chi connectivity index (χ0v) is 12.2. The summed E-state index contributed by atoms with van der Waals surface area (Å²) in [6.45, 7) is 2.93. The lowest BCUT2D eigenvalue weighted by molar-refractivity contribution is 0.432. The molecule has 2 aromatic rings. The molecule has 1 aliphatic rings. The predicted molar refractivity (Wildman–Crippen MR) is 85.0 cm³/mol. The van der Waals surface area contributed by atoms with Gasteiger partial charge in [-0.25, -0.2) is 0 Å². The molecule has 20 heavy (non-hydrogen) atoms. The molecule has 0 saturated carbocycles. The van der Waals surface area contributed by atoms with Crippen molar-refractivity contribution in [3.63, 3.8) is 0 Å². The van der Waals surface area contributed by atoms with E-state index in [1.54, 1.807) is 0 Å². The molecule has 2 N–H and O–H groups in total. The van der Waals surface area contributed by atoms with Crippen LogP contribution >= 0.6 is 0 Å². The fraction of sp³-hybridized carbons (Fsp3) is 0.368. The Morgan fingerprint density at radius 1 is 1.00 bits per heavy atom. The van der Waals surface area contributed by atoms with Crippen molar-refractivity contribution >= 4 is 0 Å². The van der Waals surface area contributed by atoms with Crippen LogP contribution in [0.15, 0.2) is 48.5 Å². The zero-order valence-electron chi connectivity index (χ0n) is 12.2. The van der Waals surface area contributed by atoms with Gasteiger partial charge in [0, 0.05) is 12.0 Å². The molecule has 0 bridgehead atoms. The standard InChI is InChI=1S/C19H23N/c1-2-15-7-9-16(10-8-15)13-19(14-20)12-11-17-5-3-4-6-18(17)19/h3-10H,2,11-14,20H2,1H3. The third kappa shape index (κ3) is 2.27. The lowest BCUT2D eigenvalue weighted by atomic mass is 9.76. The topological polar surface area (TPSA) is 26.0 Å². The Hall–Kier alpha value is -1.60. The summed E-state index contributed by atoms with van der Waals surface area (Å²) in [6.07, 6.45) is 4.51. The van der Waals surface area contributed by atoms with Crippen molar-refractivity contribution in [1.82, 2.24) is 0 Å². The van der Waals surface area contributed by atoms with Crippen LogP contribution in [-0.4, -0.2) is 6.54 Å². The lowest BCUT2D eigenvalue weighted by Gasteiger charge is -2.29. The number of rotatable bonds is 4. The van der Waals surface area contributed by atoms with Crippen LogP contribution in [0.25, 0.3) is 0 Å². The van der Waals surface area contributed by atoms with Crippen molar-refractivity contribution < 1.29 is 0 Å². The molecular weight excluding hydrogens is 242 g/mol. The highest BCUT2D eigenvalue weighted by molar-refractivity contribution is 5.41. The highest BCUT2D eigenvalue weighted by atomic mass is 14.6. The van der Waals surface area contributed by atoms with Crippen LogP contribution in [0.2, 0.25) is 0 Å². The van der Waals surface area contributed by atoms with E-state index in [4.69, 9.17) is 5.73 Å². The van der Waals surface area contributed by atoms with E-state index in [1.807, 2.05) is 0 Å². The smallest absolute Gasteiger partial charge is 0.0122 e. The first-order valence-corrected chi connectivity index (χ1v) is 7.64. The third-order valence-electron chi connectivity index (χ3n) is 4.83. The molecule has 0 spiro atoms. The van der Waals surface area contributed by atoms with E-state index < -0.39 is 0 Å². The summed E-state index contributed by atoms with van der Waals surface area (Å²) < 4.78 is 0. The Labute approximate surface area is 121 Å². The summed E-state index contributed by atoms with van der Waals surface area (Å²) in [7, 11) is 0. The highest BCUT2D eigenvalue weighted by Gasteiger charge is 2.37. The Balaban J connectivity index is 1.91. The van der Waals surface area contributed by atoms with E-state index in [0.29, 0.717) is 0 Å². The lowest BCUT2D eigenvalue weighted by Crippen LogP contribution is -2.35. The monoisotopic (exact) mass is 265 g/mol. The van der Waals surface area contributed by atoms with E-state index in [1.165, 1.54) is 35.1 Å². The molecule has 0 radical (unpaired) electrons. The number of fused-ring (bicyclic) bond motifs is 1. The van der Waals surface area contributed by atoms with Crippen LogP contribution < -0.4 is 5.73 Å². The summed E-state index contributed by atoms with van der Waals surface area (Å²) in [6, 6.07) is 17.9. The molecule has 1 heteroatoms. The number of aryl methyl sites for hydroxylation is 2. The maximum atomic E-state index is 6.19. The fourth-order valence-electron chi connectivity index (χ4n) is 3.52. The second kappa shape index (κ2) is 5.41. The molecule has 104 valence electrons. The van der Waals surface area contributed by atoms with Gasteiger partial charge in [0.25, 0.3) is 0 Å². The van der Waals surface area contributed by atoms with E-state index in [2.05, 4.69) is 55.5 Å². The average molecular weight is 265 g/mol. The molecule has 0 aliphatic heterocycles. The van der Waals surface area contributed by atoms with Crippen molar-refractivity contribution in [3.05, 3.63) is 70.8 Å². The van der Waals surface area contributed by atoms with Crippen LogP contribution in [0.5, 0.6) is 0 Å². The number of nitrogens with two attached hydrogens (primary N) is 1. The molecule has 1 aliphatic carbocycles. The molecule has 1 unspecified atom stereocenters. The van der Waals surface area contributed by atoms with Gasteiger partial charge in [0.1, 0.15) is 0 Å². The maximum absolute atomic E-state index is 6.19. The zero-order chi connectivity index (χ0) is 14.0. The summed E-state index contributed by atoms with van der Waals surface area (Å²) >= 11 is 0. The van der Waals surface area contributed by atoms with Gasteiger partial charge in [-0.05, 0) is 47.9 Å². The minimum atomic E-state index is 0.143. The average Bonchev–Trinajstić information content (AvgIpc) is 2.88. The third-order valence-corrected chi connectivity index (χ3v) is 4.83. The fourth-order valence-corrected chi connectivity index (χ4v) is 3.52. The van der Waals surface area contributed by atoms with Crippen LogP contribution in [0.1, 0.15) is 35.6 Å². The van der Waals surface area contributed by atoms with Gasteiger partial charge >= 0.3 is 0 Å². The van der Waals surface area contributed by atoms with Crippen molar-refractivity contribution in [3.8, 4) is 0 Å². The number of benzene rings is 2. The molecule has 0 heterocycles. The molecule has 0 fully saturated rings. The first-order valence-electron chi connectivity index (χ1n) is 7.64. The van der Waals surface area contributed by atoms with Crippen LogP contribution in [0, 0.1) is 0 Å². The quantitative estimate of drug-likeness (QED) is 0.897. The van der Waals surface area contributed by atoms with Crippen molar-refractivity contribution in [2.24, 2.45) is 5.73 Å². The SMILES string of the molecule is CCc1ccc(CC2(CN)CCc3ccccc32)cc1. The Morgan fingerprint density at radius 3 is 2.40 bits per heavy atom. The van der Waals surface area contributed by atoms with Gasteiger partial charge in [0.2, 0.25) is 0 Å². The Bertz CT molecular complexity index is 585. The van der Waals surface area contributed by atoms with Gasteiger partial charge in [0.05, 0.1) is 0 Å². The molecule has 0 amide bonds. The van der Waals surface area contributed by atoms with Gasteiger partial charge in [-0.3, -0.25) is 0 Å². The van der Waals surface area contributed by atoms with Gasteiger partial charge in [-0.1, -0.05) is 55.5 Å². The van der Waals surface area contributed by atoms with E-state index in [-0.39, 0.29) is 5.41 Å². The number of hydrogen-bond acceptors (Lipinski definition) is 1. The first-order chi connectivity index (χ1) is 9.77. The summed E-state index contributed by atoms with van der Waals surface area (Å²) in [5, 5.41) is 0. The minimum absolute atomic E-state index is 0.143. The van der Waals surface area contributed by atoms with Crippen molar-refractivity contribution in [1.29, 1.82) is 0 Å². The molecule has 2 aromatic carbocycles. The number of hydrogen-bond donors (Lipinski definition) is 1. The van der Waals surface area contributed by atoms with Crippen LogP contribution in [0.4, 0.5) is 0 Å². The Morgan fingerprint density at radius 2 is 1.70 bits per heavy atom. The maximum Gasteiger partial charge on any atom is 0.0122 e. The van der Waals surface area contributed by atoms with Gasteiger partial charge in [-0.15, -0.1) is 0 Å². The van der Waals surface area contributed by atoms with Gasteiger partial charge in [-0.2, -0.15) is 0 Å². The second-order valence-electron chi connectivity index (χ2n) is 5.99. The second-order valence-corrected chi connectivity index (χ2v) is 5.99. The van der Waals surface area contributed by atoms with Crippen molar-refractivity contribution in [2.75, 3.05) is 6.54 Å². The molecule has 0 saturated heterocycles. The normalized spacial score (nSPS) is 20.9. The van der Waals surface area contributed by atoms with Crippen LogP contribution in [-0.2, 0) is 24.7 Å². The molecule has 1 nitrogen and oxygen atoms in total. The summed E-state index contributed by atoms with van der Waals surface area (Å²) in [5.74, 6) is 0. The van der Waals surface area contributed by atoms with Gasteiger partial charge in [0.15, 0.2) is 0 Å². The molecule has 0 aromatic heterocycles. The molecule has 3 rings (SSSR count). The summed E-state index contributed by atoms with van der Waals surface area (Å²) in [4.78, 5) is 0. The summed E-state index contributed by atoms with van der Waals surface area (Å²) in [5.41, 5.74) is 12.1. The van der Waals surface area contributed by atoms with Crippen LogP contribution in [0.3, 0.4) is 0 Å². The van der Waals surface area contributed by atoms with E-state index >= 15 is 0 Å². The molecule has 1 atom stereocenters. The first kappa shape index (κ1) is 13.4. The predicted octanol–water partition coefficient (Wildman–Crippen LogP) is 3.63. The van der Waals surface area contributed by atoms with Crippen molar-refractivity contribution in [2.45, 2.75) is 38.0 Å².